The fraction of sp³-hybridized carbons (Fsp3) is 0.368. The number of rotatable bonds is 6. The minimum absolute atomic E-state index is 0. The van der Waals surface area contributed by atoms with E-state index in [1.807, 2.05) is 6.07 Å². The summed E-state index contributed by atoms with van der Waals surface area (Å²) in [6.45, 7) is 2.45. The van der Waals surface area contributed by atoms with Crippen LogP contribution in [0.1, 0.15) is 5.56 Å². The van der Waals surface area contributed by atoms with Crippen LogP contribution in [0.4, 0.5) is 4.39 Å². The van der Waals surface area contributed by atoms with Crippen molar-refractivity contribution in [2.75, 3.05) is 40.4 Å². The average molecular weight is 430 g/mol. The number of sulfonamides is 1. The standard InChI is InChI=1S/C19H23FN2O4S.ClH/c1-25-17-6-7-18(26-2)19(13-17)27(23,24)22-10-8-21(9-11-22)14-15-4-3-5-16(20)12-15;/h3-7,12-13H,8-11,14H2,1-2H3;1H/p-1. The van der Waals surface area contributed by atoms with Crippen molar-refractivity contribution < 1.29 is 34.7 Å². The van der Waals surface area contributed by atoms with Crippen molar-refractivity contribution in [1.82, 2.24) is 9.21 Å². The summed E-state index contributed by atoms with van der Waals surface area (Å²) >= 11 is 0. The van der Waals surface area contributed by atoms with Crippen molar-refractivity contribution in [3.8, 4) is 11.5 Å². The fourth-order valence-corrected chi connectivity index (χ4v) is 4.74. The second-order valence-electron chi connectivity index (χ2n) is 6.33. The van der Waals surface area contributed by atoms with Gasteiger partial charge >= 0.3 is 0 Å². The molecule has 0 unspecified atom stereocenters. The Kier molecular flexibility index (Phi) is 7.65. The Hall–Kier alpha value is -1.87. The molecule has 6 nitrogen and oxygen atoms in total. The van der Waals surface area contributed by atoms with Crippen LogP contribution >= 0.6 is 0 Å². The Labute approximate surface area is 171 Å². The highest BCUT2D eigenvalue weighted by Crippen LogP contribution is 2.31. The molecule has 28 heavy (non-hydrogen) atoms. The molecular formula is C19H23ClFN2O4S-. The van der Waals surface area contributed by atoms with Crippen LogP contribution in [0.15, 0.2) is 47.4 Å². The van der Waals surface area contributed by atoms with Crippen LogP contribution in [-0.2, 0) is 16.6 Å². The molecule has 154 valence electrons. The molecule has 0 atom stereocenters. The summed E-state index contributed by atoms with van der Waals surface area (Å²) in [7, 11) is -0.767. The molecule has 1 saturated heterocycles. The van der Waals surface area contributed by atoms with E-state index in [1.165, 1.54) is 36.7 Å². The van der Waals surface area contributed by atoms with E-state index >= 15 is 0 Å². The van der Waals surface area contributed by atoms with E-state index in [1.54, 1.807) is 18.2 Å². The molecule has 9 heteroatoms. The van der Waals surface area contributed by atoms with Crippen LogP contribution in [0.2, 0.25) is 0 Å². The molecule has 1 fully saturated rings. The molecule has 2 aromatic rings. The van der Waals surface area contributed by atoms with E-state index in [0.717, 1.165) is 5.56 Å². The maximum Gasteiger partial charge on any atom is 0.246 e. The van der Waals surface area contributed by atoms with Crippen molar-refractivity contribution in [2.24, 2.45) is 0 Å². The predicted molar refractivity (Wildman–Crippen MR) is 100.0 cm³/mol. The van der Waals surface area contributed by atoms with Crippen molar-refractivity contribution in [1.29, 1.82) is 0 Å². The topological polar surface area (TPSA) is 59.1 Å². The van der Waals surface area contributed by atoms with Gasteiger partial charge in [0.05, 0.1) is 14.2 Å². The smallest absolute Gasteiger partial charge is 0.246 e. The lowest BCUT2D eigenvalue weighted by molar-refractivity contribution is -0.00000952. The summed E-state index contributed by atoms with van der Waals surface area (Å²) in [6.07, 6.45) is 0. The van der Waals surface area contributed by atoms with Crippen molar-refractivity contribution in [2.45, 2.75) is 11.4 Å². The molecule has 0 amide bonds. The summed E-state index contributed by atoms with van der Waals surface area (Å²) in [5, 5.41) is 0. The molecule has 0 N–H and O–H groups in total. The lowest BCUT2D eigenvalue weighted by atomic mass is 10.2. The monoisotopic (exact) mass is 429 g/mol. The Bertz CT molecular complexity index is 903. The number of hydrogen-bond acceptors (Lipinski definition) is 5. The first-order valence-electron chi connectivity index (χ1n) is 8.63. The van der Waals surface area contributed by atoms with Gasteiger partial charge in [0.2, 0.25) is 10.0 Å². The second-order valence-corrected chi connectivity index (χ2v) is 8.23. The second kappa shape index (κ2) is 9.56. The Morgan fingerprint density at radius 1 is 1.00 bits per heavy atom. The summed E-state index contributed by atoms with van der Waals surface area (Å²) in [5.74, 6) is 0.482. The van der Waals surface area contributed by atoms with E-state index in [-0.39, 0.29) is 28.9 Å². The van der Waals surface area contributed by atoms with Crippen LogP contribution < -0.4 is 21.9 Å². The lowest BCUT2D eigenvalue weighted by Gasteiger charge is -2.34. The zero-order chi connectivity index (χ0) is 19.4. The van der Waals surface area contributed by atoms with Gasteiger partial charge in [-0.3, -0.25) is 4.90 Å². The molecule has 0 aliphatic carbocycles. The summed E-state index contributed by atoms with van der Waals surface area (Å²) < 4.78 is 51.3. The Morgan fingerprint density at radius 2 is 1.71 bits per heavy atom. The quantitative estimate of drug-likeness (QED) is 0.611. The van der Waals surface area contributed by atoms with Gasteiger partial charge in [-0.1, -0.05) is 12.1 Å². The summed E-state index contributed by atoms with van der Waals surface area (Å²) in [6, 6.07) is 11.2. The van der Waals surface area contributed by atoms with Crippen molar-refractivity contribution in [3.05, 3.63) is 53.8 Å². The normalized spacial score (nSPS) is 15.7. The predicted octanol–water partition coefficient (Wildman–Crippen LogP) is -0.647. The molecule has 0 spiro atoms. The van der Waals surface area contributed by atoms with Crippen molar-refractivity contribution >= 4 is 10.0 Å². The maximum absolute atomic E-state index is 13.3. The maximum atomic E-state index is 13.3. The Morgan fingerprint density at radius 3 is 2.32 bits per heavy atom. The highest BCUT2D eigenvalue weighted by Gasteiger charge is 2.31. The molecule has 1 heterocycles. The van der Waals surface area contributed by atoms with Crippen LogP contribution in [0.5, 0.6) is 11.5 Å². The zero-order valence-corrected chi connectivity index (χ0v) is 17.3. The Balaban J connectivity index is 0.00000280. The molecule has 1 aliphatic rings. The first kappa shape index (κ1) is 22.4. The van der Waals surface area contributed by atoms with Crippen LogP contribution in [0, 0.1) is 5.82 Å². The molecular weight excluding hydrogens is 407 g/mol. The van der Waals surface area contributed by atoms with Crippen LogP contribution in [0.25, 0.3) is 0 Å². The molecule has 0 radical (unpaired) electrons. The molecule has 0 saturated carbocycles. The van der Waals surface area contributed by atoms with Crippen LogP contribution in [0.3, 0.4) is 0 Å². The van der Waals surface area contributed by atoms with Gasteiger partial charge in [-0.15, -0.1) is 0 Å². The number of piperazine rings is 1. The first-order chi connectivity index (χ1) is 12.9. The van der Waals surface area contributed by atoms with E-state index < -0.39 is 10.0 Å². The van der Waals surface area contributed by atoms with E-state index in [9.17, 15) is 12.8 Å². The van der Waals surface area contributed by atoms with Gasteiger partial charge in [-0.2, -0.15) is 4.31 Å². The third kappa shape index (κ3) is 4.94. The van der Waals surface area contributed by atoms with Gasteiger partial charge in [0, 0.05) is 38.8 Å². The SMILES string of the molecule is COc1ccc(OC)c(S(=O)(=O)N2CCN(Cc3cccc(F)c3)CC2)c1.[Cl-]. The third-order valence-corrected chi connectivity index (χ3v) is 6.53. The molecule has 3 rings (SSSR count). The molecule has 2 aromatic carbocycles. The highest BCUT2D eigenvalue weighted by atomic mass is 35.5. The average Bonchev–Trinajstić information content (AvgIpc) is 2.68. The largest absolute Gasteiger partial charge is 1.00 e. The summed E-state index contributed by atoms with van der Waals surface area (Å²) in [5.41, 5.74) is 0.876. The zero-order valence-electron chi connectivity index (χ0n) is 15.8. The highest BCUT2D eigenvalue weighted by molar-refractivity contribution is 7.89. The number of methoxy groups -OCH3 is 2. The number of nitrogens with zero attached hydrogens (tertiary/aromatic N) is 2. The molecule has 1 aliphatic heterocycles. The van der Waals surface area contributed by atoms with Gasteiger partial charge in [-0.05, 0) is 29.8 Å². The van der Waals surface area contributed by atoms with Gasteiger partial charge in [0.15, 0.2) is 0 Å². The molecule has 0 bridgehead atoms. The fourth-order valence-electron chi connectivity index (χ4n) is 3.15. The van der Waals surface area contributed by atoms with E-state index in [0.29, 0.717) is 38.5 Å². The van der Waals surface area contributed by atoms with Gasteiger partial charge in [0.1, 0.15) is 22.2 Å². The third-order valence-electron chi connectivity index (χ3n) is 4.62. The van der Waals surface area contributed by atoms with Gasteiger partial charge in [0.25, 0.3) is 0 Å². The van der Waals surface area contributed by atoms with E-state index in [2.05, 4.69) is 4.90 Å². The first-order valence-corrected chi connectivity index (χ1v) is 10.1. The van der Waals surface area contributed by atoms with E-state index in [4.69, 9.17) is 9.47 Å². The van der Waals surface area contributed by atoms with Gasteiger partial charge in [-0.25, -0.2) is 12.8 Å². The minimum atomic E-state index is -3.70. The lowest BCUT2D eigenvalue weighted by Crippen LogP contribution is -3.00. The summed E-state index contributed by atoms with van der Waals surface area (Å²) in [4.78, 5) is 2.21. The minimum Gasteiger partial charge on any atom is -1.00 e. The molecule has 0 aromatic heterocycles. The number of halogens is 2. The van der Waals surface area contributed by atoms with Crippen molar-refractivity contribution in [3.63, 3.8) is 0 Å². The van der Waals surface area contributed by atoms with Crippen LogP contribution in [-0.4, -0.2) is 58.0 Å². The number of ether oxygens (including phenoxy) is 2. The number of hydrogen-bond donors (Lipinski definition) is 0. The van der Waals surface area contributed by atoms with Gasteiger partial charge < -0.3 is 21.9 Å². The number of benzene rings is 2.